The fourth-order valence-corrected chi connectivity index (χ4v) is 2.68. The minimum absolute atomic E-state index is 0.883. The van der Waals surface area contributed by atoms with Crippen molar-refractivity contribution in [1.82, 2.24) is 0 Å². The highest BCUT2D eigenvalue weighted by atomic mass is 14.8. The van der Waals surface area contributed by atoms with E-state index in [9.17, 15) is 0 Å². The maximum atomic E-state index is 4.82. The Morgan fingerprint density at radius 3 is 1.21 bits per heavy atom. The first kappa shape index (κ1) is 14.3. The molecule has 4 rings (SSSR count). The summed E-state index contributed by atoms with van der Waals surface area (Å²) in [6.07, 6.45) is 4.08. The van der Waals surface area contributed by atoms with Crippen molar-refractivity contribution >= 4 is 11.4 Å². The molecule has 2 nitrogen and oxygen atoms in total. The first-order valence-electron chi connectivity index (χ1n) is 7.95. The molecule has 0 aliphatic carbocycles. The van der Waals surface area contributed by atoms with E-state index in [4.69, 9.17) is 9.98 Å². The van der Waals surface area contributed by atoms with E-state index in [0.29, 0.717) is 0 Å². The Balaban J connectivity index is 1.97. The molecule has 0 aromatic heterocycles. The summed E-state index contributed by atoms with van der Waals surface area (Å²) in [6, 6.07) is 28.5. The summed E-state index contributed by atoms with van der Waals surface area (Å²) in [7, 11) is 0. The summed E-state index contributed by atoms with van der Waals surface area (Å²) in [6.45, 7) is 0. The maximum absolute atomic E-state index is 4.82. The average molecular weight is 308 g/mol. The molecule has 1 heterocycles. The van der Waals surface area contributed by atoms with Crippen molar-refractivity contribution in [2.45, 2.75) is 0 Å². The van der Waals surface area contributed by atoms with E-state index < -0.39 is 0 Å². The minimum Gasteiger partial charge on any atom is -0.246 e. The second kappa shape index (κ2) is 6.47. The molecule has 0 fully saturated rings. The van der Waals surface area contributed by atoms with E-state index in [1.807, 2.05) is 72.8 Å². The van der Waals surface area contributed by atoms with Gasteiger partial charge in [0.1, 0.15) is 0 Å². The van der Waals surface area contributed by atoms with Gasteiger partial charge in [-0.1, -0.05) is 72.8 Å². The van der Waals surface area contributed by atoms with Crippen LogP contribution in [-0.2, 0) is 0 Å². The molecule has 0 unspecified atom stereocenters. The lowest BCUT2D eigenvalue weighted by molar-refractivity contribution is 1.22. The molecule has 0 bridgehead atoms. The number of nitrogens with zero attached hydrogens (tertiary/aromatic N) is 2. The van der Waals surface area contributed by atoms with Crippen LogP contribution < -0.4 is 10.7 Å². The van der Waals surface area contributed by atoms with Crippen molar-refractivity contribution in [2.75, 3.05) is 0 Å². The molecule has 24 heavy (non-hydrogen) atoms. The molecule has 0 spiro atoms. The second-order valence-electron chi connectivity index (χ2n) is 5.55. The fraction of sp³-hybridized carbons (Fsp3) is 0. The Morgan fingerprint density at radius 2 is 0.792 bits per heavy atom. The molecule has 2 heteroatoms. The van der Waals surface area contributed by atoms with Crippen LogP contribution in [0.25, 0.3) is 11.4 Å². The van der Waals surface area contributed by atoms with Gasteiger partial charge in [0.2, 0.25) is 0 Å². The average Bonchev–Trinajstić information content (AvgIpc) is 2.64. The van der Waals surface area contributed by atoms with Gasteiger partial charge in [-0.15, -0.1) is 0 Å². The zero-order chi connectivity index (χ0) is 16.2. The second-order valence-corrected chi connectivity index (χ2v) is 5.55. The van der Waals surface area contributed by atoms with Crippen molar-refractivity contribution in [1.29, 1.82) is 0 Å². The van der Waals surface area contributed by atoms with E-state index in [-0.39, 0.29) is 0 Å². The molecule has 0 saturated heterocycles. The van der Waals surface area contributed by atoms with E-state index in [1.165, 1.54) is 0 Å². The third-order valence-corrected chi connectivity index (χ3v) is 3.90. The number of allylic oxidation sites excluding steroid dienone is 2. The van der Waals surface area contributed by atoms with Gasteiger partial charge < -0.3 is 0 Å². The summed E-state index contributed by atoms with van der Waals surface area (Å²) >= 11 is 0. The van der Waals surface area contributed by atoms with E-state index in [0.717, 1.165) is 33.2 Å². The smallest absolute Gasteiger partial charge is 0.0893 e. The number of para-hydroxylation sites is 2. The van der Waals surface area contributed by atoms with Crippen LogP contribution in [-0.4, -0.2) is 0 Å². The van der Waals surface area contributed by atoms with Crippen molar-refractivity contribution in [2.24, 2.45) is 9.98 Å². The number of benzene rings is 3. The summed E-state index contributed by atoms with van der Waals surface area (Å²) in [4.78, 5) is 9.64. The molecule has 0 amide bonds. The molecule has 114 valence electrons. The van der Waals surface area contributed by atoms with Crippen molar-refractivity contribution in [3.63, 3.8) is 0 Å². The quantitative estimate of drug-likeness (QED) is 0.683. The third-order valence-electron chi connectivity index (χ3n) is 3.90. The highest BCUT2D eigenvalue weighted by Gasteiger charge is 2.04. The largest absolute Gasteiger partial charge is 0.246 e. The van der Waals surface area contributed by atoms with Gasteiger partial charge in [-0.25, -0.2) is 9.98 Å². The van der Waals surface area contributed by atoms with Gasteiger partial charge in [0.15, 0.2) is 0 Å². The molecule has 1 aliphatic rings. The van der Waals surface area contributed by atoms with Crippen LogP contribution in [0.2, 0.25) is 0 Å². The zero-order valence-electron chi connectivity index (χ0n) is 13.1. The number of hydrogen-bond acceptors (Lipinski definition) is 2. The van der Waals surface area contributed by atoms with Gasteiger partial charge in [0.05, 0.1) is 22.1 Å². The van der Waals surface area contributed by atoms with E-state index in [1.54, 1.807) is 0 Å². The standard InChI is InChI=1S/C22H16N2/c1-3-9-17(10-4-1)19-15-16-20(18-11-5-2-6-12-18)24-22-14-8-7-13-21(22)23-19/h1-16H/b16-15?,19-15-,20-16-,23-19?,23-21?,24-20?,24-22?. The highest BCUT2D eigenvalue weighted by molar-refractivity contribution is 5.72. The zero-order valence-corrected chi connectivity index (χ0v) is 13.1. The van der Waals surface area contributed by atoms with Crippen LogP contribution in [0.1, 0.15) is 11.1 Å². The molecule has 0 radical (unpaired) electrons. The summed E-state index contributed by atoms with van der Waals surface area (Å²) in [5.74, 6) is 0. The fourth-order valence-electron chi connectivity index (χ4n) is 2.68. The lowest BCUT2D eigenvalue weighted by Crippen LogP contribution is -2.25. The first-order chi connectivity index (χ1) is 11.9. The third kappa shape index (κ3) is 2.95. The summed E-state index contributed by atoms with van der Waals surface area (Å²) < 4.78 is 0. The van der Waals surface area contributed by atoms with Crippen molar-refractivity contribution in [3.8, 4) is 0 Å². The monoisotopic (exact) mass is 308 g/mol. The van der Waals surface area contributed by atoms with Crippen LogP contribution >= 0.6 is 0 Å². The van der Waals surface area contributed by atoms with Gasteiger partial charge in [0, 0.05) is 11.1 Å². The molecule has 3 aromatic carbocycles. The Labute approximate surface area is 140 Å². The molecule has 0 saturated carbocycles. The Hall–Kier alpha value is -3.26. The van der Waals surface area contributed by atoms with Crippen LogP contribution in [0.4, 0.5) is 0 Å². The molecule has 0 atom stereocenters. The molecular weight excluding hydrogens is 292 g/mol. The lowest BCUT2D eigenvalue weighted by Gasteiger charge is -2.06. The van der Waals surface area contributed by atoms with Crippen LogP contribution in [0.15, 0.2) is 107 Å². The van der Waals surface area contributed by atoms with Gasteiger partial charge in [-0.2, -0.15) is 0 Å². The summed E-state index contributed by atoms with van der Waals surface area (Å²) in [5, 5.41) is 1.77. The van der Waals surface area contributed by atoms with E-state index in [2.05, 4.69) is 24.3 Å². The lowest BCUT2D eigenvalue weighted by atomic mass is 10.1. The SMILES string of the molecule is C1=C(/c2ccccc2)N=c2ccccc2=N\C(c2ccccc2)=C/1. The first-order valence-corrected chi connectivity index (χ1v) is 7.95. The molecule has 3 aromatic rings. The van der Waals surface area contributed by atoms with Gasteiger partial charge in [0.25, 0.3) is 0 Å². The number of hydrogen-bond donors (Lipinski definition) is 0. The van der Waals surface area contributed by atoms with E-state index >= 15 is 0 Å². The topological polar surface area (TPSA) is 24.7 Å². The van der Waals surface area contributed by atoms with Crippen molar-refractivity contribution in [3.05, 3.63) is 119 Å². The summed E-state index contributed by atoms with van der Waals surface area (Å²) in [5.41, 5.74) is 4.06. The molecule has 0 N–H and O–H groups in total. The van der Waals surface area contributed by atoms with Crippen molar-refractivity contribution < 1.29 is 0 Å². The Bertz CT molecular complexity index is 944. The molecule has 1 aliphatic heterocycles. The molecular formula is C22H16N2. The minimum atomic E-state index is 0.883. The normalized spacial score (nSPS) is 17.7. The predicted octanol–water partition coefficient (Wildman–Crippen LogP) is 4.02. The van der Waals surface area contributed by atoms with Gasteiger partial charge in [-0.05, 0) is 24.3 Å². The van der Waals surface area contributed by atoms with Crippen LogP contribution in [0, 0.1) is 0 Å². The number of fused-ring (bicyclic) bond motifs is 1. The van der Waals surface area contributed by atoms with Crippen LogP contribution in [0.3, 0.4) is 0 Å². The Kier molecular flexibility index (Phi) is 3.86. The van der Waals surface area contributed by atoms with Crippen LogP contribution in [0.5, 0.6) is 0 Å². The maximum Gasteiger partial charge on any atom is 0.0893 e. The Morgan fingerprint density at radius 1 is 0.417 bits per heavy atom. The predicted molar refractivity (Wildman–Crippen MR) is 97.6 cm³/mol. The van der Waals surface area contributed by atoms with Gasteiger partial charge in [-0.3, -0.25) is 0 Å². The number of rotatable bonds is 2. The highest BCUT2D eigenvalue weighted by Crippen LogP contribution is 2.20. The van der Waals surface area contributed by atoms with Gasteiger partial charge >= 0.3 is 0 Å².